The van der Waals surface area contributed by atoms with E-state index in [9.17, 15) is 14.7 Å². The number of anilines is 1. The molecule has 0 aliphatic rings. The molecule has 0 spiro atoms. The van der Waals surface area contributed by atoms with E-state index >= 15 is 0 Å². The van der Waals surface area contributed by atoms with Gasteiger partial charge in [0.15, 0.2) is 5.56 Å². The molecule has 0 radical (unpaired) electrons. The number of carboxylic acid groups (broad SMARTS) is 1. The van der Waals surface area contributed by atoms with Gasteiger partial charge in [-0.2, -0.15) is 0 Å². The van der Waals surface area contributed by atoms with Crippen LogP contribution in [-0.4, -0.2) is 27.1 Å². The van der Waals surface area contributed by atoms with Gasteiger partial charge >= 0.3 is 5.97 Å². The number of nitrogens with one attached hydrogen (secondary N) is 1. The standard InChI is InChI=1S/C15H17N3O4/c1-3-9(4-2)13(19)17-14-11(15(20)21)12(18-22-14)10-7-5-6-8-16-10/h5-9H,3-4H2,1-2H3,(H,17,19)(H,20,21). The quantitative estimate of drug-likeness (QED) is 0.850. The highest BCUT2D eigenvalue weighted by Gasteiger charge is 2.27. The largest absolute Gasteiger partial charge is 0.477 e. The van der Waals surface area contributed by atoms with Gasteiger partial charge in [0.05, 0.1) is 5.69 Å². The molecule has 0 aromatic carbocycles. The molecule has 22 heavy (non-hydrogen) atoms. The summed E-state index contributed by atoms with van der Waals surface area (Å²) in [6.45, 7) is 3.79. The maximum atomic E-state index is 12.1. The Morgan fingerprint density at radius 1 is 1.32 bits per heavy atom. The number of rotatable bonds is 6. The summed E-state index contributed by atoms with van der Waals surface area (Å²) >= 11 is 0. The van der Waals surface area contributed by atoms with Crippen LogP contribution in [0.4, 0.5) is 5.88 Å². The summed E-state index contributed by atoms with van der Waals surface area (Å²) in [5.41, 5.74) is 0.262. The van der Waals surface area contributed by atoms with Gasteiger partial charge in [0.25, 0.3) is 0 Å². The van der Waals surface area contributed by atoms with Crippen molar-refractivity contribution in [1.82, 2.24) is 10.1 Å². The Bertz CT molecular complexity index is 663. The molecule has 0 bridgehead atoms. The zero-order chi connectivity index (χ0) is 16.1. The molecule has 116 valence electrons. The maximum Gasteiger partial charge on any atom is 0.343 e. The zero-order valence-electron chi connectivity index (χ0n) is 12.4. The topological polar surface area (TPSA) is 105 Å². The maximum absolute atomic E-state index is 12.1. The molecule has 2 heterocycles. The predicted octanol–water partition coefficient (Wildman–Crippen LogP) is 2.81. The first-order valence-corrected chi connectivity index (χ1v) is 7.03. The fourth-order valence-corrected chi connectivity index (χ4v) is 2.12. The average molecular weight is 303 g/mol. The van der Waals surface area contributed by atoms with Gasteiger partial charge in [-0.15, -0.1) is 0 Å². The molecule has 0 aliphatic carbocycles. The van der Waals surface area contributed by atoms with Crippen molar-refractivity contribution in [3.05, 3.63) is 30.0 Å². The minimum absolute atomic E-state index is 0.0907. The number of aromatic carboxylic acids is 1. The molecule has 1 amide bonds. The summed E-state index contributed by atoms with van der Waals surface area (Å²) < 4.78 is 5.02. The van der Waals surface area contributed by atoms with Gasteiger partial charge in [0.1, 0.15) is 5.69 Å². The second kappa shape index (κ2) is 6.84. The first-order valence-electron chi connectivity index (χ1n) is 7.03. The van der Waals surface area contributed by atoms with E-state index < -0.39 is 5.97 Å². The highest BCUT2D eigenvalue weighted by Crippen LogP contribution is 2.28. The van der Waals surface area contributed by atoms with Crippen LogP contribution >= 0.6 is 0 Å². The number of carbonyl (C=O) groups excluding carboxylic acids is 1. The third-order valence-corrected chi connectivity index (χ3v) is 3.41. The van der Waals surface area contributed by atoms with Crippen molar-refractivity contribution >= 4 is 17.8 Å². The van der Waals surface area contributed by atoms with Crippen LogP contribution in [0.5, 0.6) is 0 Å². The van der Waals surface area contributed by atoms with E-state index in [-0.39, 0.29) is 29.0 Å². The van der Waals surface area contributed by atoms with Crippen molar-refractivity contribution in [2.75, 3.05) is 5.32 Å². The summed E-state index contributed by atoms with van der Waals surface area (Å²) in [5.74, 6) is -1.88. The van der Waals surface area contributed by atoms with Crippen molar-refractivity contribution < 1.29 is 19.2 Å². The van der Waals surface area contributed by atoms with Crippen molar-refractivity contribution in [2.45, 2.75) is 26.7 Å². The molecular formula is C15H17N3O4. The third-order valence-electron chi connectivity index (χ3n) is 3.41. The Labute approximate surface area is 127 Å². The molecule has 7 nitrogen and oxygen atoms in total. The van der Waals surface area contributed by atoms with Crippen LogP contribution in [0.1, 0.15) is 37.0 Å². The van der Waals surface area contributed by atoms with Crippen molar-refractivity contribution in [1.29, 1.82) is 0 Å². The number of amides is 1. The van der Waals surface area contributed by atoms with E-state index in [1.807, 2.05) is 13.8 Å². The zero-order valence-corrected chi connectivity index (χ0v) is 12.4. The van der Waals surface area contributed by atoms with Crippen molar-refractivity contribution in [3.8, 4) is 11.4 Å². The van der Waals surface area contributed by atoms with E-state index in [4.69, 9.17) is 4.52 Å². The number of pyridine rings is 1. The molecule has 0 unspecified atom stereocenters. The Balaban J connectivity index is 2.36. The van der Waals surface area contributed by atoms with E-state index in [0.717, 1.165) is 0 Å². The number of carboxylic acids is 1. The normalized spacial score (nSPS) is 10.7. The Hall–Kier alpha value is -2.70. The van der Waals surface area contributed by atoms with Crippen LogP contribution in [0.2, 0.25) is 0 Å². The lowest BCUT2D eigenvalue weighted by Crippen LogP contribution is -2.22. The first kappa shape index (κ1) is 15.7. The van der Waals surface area contributed by atoms with Gasteiger partial charge in [-0.1, -0.05) is 25.1 Å². The first-order chi connectivity index (χ1) is 10.6. The number of nitrogens with zero attached hydrogens (tertiary/aromatic N) is 2. The molecule has 2 aromatic heterocycles. The second-order valence-electron chi connectivity index (χ2n) is 4.76. The Morgan fingerprint density at radius 3 is 2.59 bits per heavy atom. The van der Waals surface area contributed by atoms with Crippen LogP contribution in [0, 0.1) is 5.92 Å². The summed E-state index contributed by atoms with van der Waals surface area (Å²) in [6, 6.07) is 5.04. The predicted molar refractivity (Wildman–Crippen MR) is 79.4 cm³/mol. The summed E-state index contributed by atoms with van der Waals surface area (Å²) in [4.78, 5) is 27.6. The molecule has 0 aliphatic heterocycles. The Morgan fingerprint density at radius 2 is 2.05 bits per heavy atom. The molecule has 0 atom stereocenters. The van der Waals surface area contributed by atoms with Gasteiger partial charge in [-0.3, -0.25) is 15.1 Å². The summed E-state index contributed by atoms with van der Waals surface area (Å²) in [7, 11) is 0. The van der Waals surface area contributed by atoms with Gasteiger partial charge in [-0.25, -0.2) is 4.79 Å². The van der Waals surface area contributed by atoms with Crippen LogP contribution in [-0.2, 0) is 4.79 Å². The van der Waals surface area contributed by atoms with Crippen molar-refractivity contribution in [2.24, 2.45) is 5.92 Å². The minimum atomic E-state index is -1.23. The fraction of sp³-hybridized carbons (Fsp3) is 0.333. The minimum Gasteiger partial charge on any atom is -0.477 e. The number of carbonyl (C=O) groups is 2. The molecule has 2 N–H and O–H groups in total. The lowest BCUT2D eigenvalue weighted by atomic mass is 10.0. The Kier molecular flexibility index (Phi) is 4.88. The molecule has 7 heteroatoms. The van der Waals surface area contributed by atoms with E-state index in [2.05, 4.69) is 15.5 Å². The lowest BCUT2D eigenvalue weighted by molar-refractivity contribution is -0.120. The molecule has 2 rings (SSSR count). The molecular weight excluding hydrogens is 286 g/mol. The van der Waals surface area contributed by atoms with E-state index in [1.165, 1.54) is 6.20 Å². The fourth-order valence-electron chi connectivity index (χ4n) is 2.12. The highest BCUT2D eigenvalue weighted by molar-refractivity contribution is 6.03. The summed E-state index contributed by atoms with van der Waals surface area (Å²) in [5, 5.41) is 15.6. The van der Waals surface area contributed by atoms with Gasteiger partial charge in [0.2, 0.25) is 11.8 Å². The van der Waals surface area contributed by atoms with Crippen LogP contribution in [0.15, 0.2) is 28.9 Å². The van der Waals surface area contributed by atoms with Gasteiger partial charge < -0.3 is 9.63 Å². The summed E-state index contributed by atoms with van der Waals surface area (Å²) in [6.07, 6.45) is 2.84. The number of hydrogen-bond donors (Lipinski definition) is 2. The van der Waals surface area contributed by atoms with E-state index in [1.54, 1.807) is 18.2 Å². The monoisotopic (exact) mass is 303 g/mol. The smallest absolute Gasteiger partial charge is 0.343 e. The van der Waals surface area contributed by atoms with Crippen LogP contribution in [0.3, 0.4) is 0 Å². The van der Waals surface area contributed by atoms with Crippen LogP contribution < -0.4 is 5.32 Å². The molecule has 0 saturated carbocycles. The van der Waals surface area contributed by atoms with Crippen LogP contribution in [0.25, 0.3) is 11.4 Å². The third kappa shape index (κ3) is 3.13. The number of aromatic nitrogens is 2. The average Bonchev–Trinajstić information content (AvgIpc) is 2.93. The molecule has 0 saturated heterocycles. The molecule has 2 aromatic rings. The SMILES string of the molecule is CCC(CC)C(=O)Nc1onc(-c2ccccn2)c1C(=O)O. The van der Waals surface area contributed by atoms with Gasteiger partial charge in [-0.05, 0) is 25.0 Å². The van der Waals surface area contributed by atoms with Gasteiger partial charge in [0, 0.05) is 12.1 Å². The lowest BCUT2D eigenvalue weighted by Gasteiger charge is -2.10. The number of hydrogen-bond acceptors (Lipinski definition) is 5. The highest BCUT2D eigenvalue weighted by atomic mass is 16.5. The van der Waals surface area contributed by atoms with Crippen molar-refractivity contribution in [3.63, 3.8) is 0 Å². The van der Waals surface area contributed by atoms with E-state index in [0.29, 0.717) is 18.5 Å². The second-order valence-corrected chi connectivity index (χ2v) is 4.76. The molecule has 0 fully saturated rings.